The molecule has 4 rings (SSSR count). The van der Waals surface area contributed by atoms with Gasteiger partial charge in [-0.25, -0.2) is 10.1 Å². The highest BCUT2D eigenvalue weighted by atomic mass is 31.2. The number of hydrogen-bond acceptors (Lipinski definition) is 11. The lowest BCUT2D eigenvalue weighted by Gasteiger charge is -2.20. The zero-order valence-electron chi connectivity index (χ0n) is 25.8. The number of nitrogens with two attached hydrogens (primary N) is 1. The summed E-state index contributed by atoms with van der Waals surface area (Å²) in [5.41, 5.74) is 4.86. The van der Waals surface area contributed by atoms with E-state index in [0.717, 1.165) is 47.6 Å². The van der Waals surface area contributed by atoms with Gasteiger partial charge in [-0.3, -0.25) is 19.2 Å². The van der Waals surface area contributed by atoms with Gasteiger partial charge < -0.3 is 40.4 Å². The Bertz CT molecular complexity index is 1640. The molecule has 2 aliphatic rings. The fourth-order valence-corrected chi connectivity index (χ4v) is 4.41. The molecular formula is C32H36NO13P. The van der Waals surface area contributed by atoms with Crippen molar-refractivity contribution < 1.29 is 64.2 Å². The Morgan fingerprint density at radius 3 is 1.15 bits per heavy atom. The second kappa shape index (κ2) is 15.7. The Morgan fingerprint density at radius 2 is 0.894 bits per heavy atom. The summed E-state index contributed by atoms with van der Waals surface area (Å²) in [5.74, 6) is -4.01. The highest BCUT2D eigenvalue weighted by Gasteiger charge is 2.34. The summed E-state index contributed by atoms with van der Waals surface area (Å²) in [7, 11) is -4.14. The molecule has 47 heavy (non-hydrogen) atoms. The molecule has 0 bridgehead atoms. The Morgan fingerprint density at radius 1 is 0.638 bits per heavy atom. The maximum Gasteiger partial charge on any atom is 0.397 e. The number of benzene rings is 2. The molecule has 2 aromatic carbocycles. The fourth-order valence-electron chi connectivity index (χ4n) is 4.41. The number of phenolic OH excluding ortho intramolecular Hbond substituents is 4. The molecule has 0 spiro atoms. The van der Waals surface area contributed by atoms with Crippen LogP contribution < -0.4 is 5.50 Å². The summed E-state index contributed by atoms with van der Waals surface area (Å²) in [6.07, 6.45) is 3.67. The number of aliphatic hydroxyl groups excluding tert-OH is 2. The van der Waals surface area contributed by atoms with Gasteiger partial charge in [0.05, 0.1) is 34.5 Å². The molecule has 0 radical (unpaired) electrons. The highest BCUT2D eigenvalue weighted by molar-refractivity contribution is 7.49. The number of phenols is 4. The number of fused-ring (bicyclic) bond motifs is 2. The first-order valence-corrected chi connectivity index (χ1v) is 15.5. The Hall–Kier alpha value is -4.69. The molecule has 0 aliphatic heterocycles. The molecule has 0 saturated carbocycles. The van der Waals surface area contributed by atoms with Crippen molar-refractivity contribution in [2.75, 3.05) is 0 Å². The second-order valence-corrected chi connectivity index (χ2v) is 12.1. The normalized spacial score (nSPS) is 14.9. The van der Waals surface area contributed by atoms with Crippen LogP contribution in [0.15, 0.2) is 70.9 Å². The van der Waals surface area contributed by atoms with Gasteiger partial charge in [-0.2, -0.15) is 0 Å². The van der Waals surface area contributed by atoms with Crippen LogP contribution in [-0.2, 0) is 4.57 Å². The van der Waals surface area contributed by atoms with Crippen molar-refractivity contribution in [2.45, 2.75) is 52.7 Å². The number of aromatic hydroxyl groups is 4. The number of ketones is 4. The van der Waals surface area contributed by atoms with Crippen LogP contribution in [0.1, 0.15) is 82.0 Å². The van der Waals surface area contributed by atoms with Crippen LogP contribution in [0.3, 0.4) is 0 Å². The van der Waals surface area contributed by atoms with E-state index in [4.69, 9.17) is 14.4 Å². The monoisotopic (exact) mass is 673 g/mol. The van der Waals surface area contributed by atoms with Gasteiger partial charge in [0.2, 0.25) is 0 Å². The molecule has 15 heteroatoms. The average Bonchev–Trinajstić information content (AvgIpc) is 2.96. The summed E-state index contributed by atoms with van der Waals surface area (Å²) in [6, 6.07) is 4.59. The lowest BCUT2D eigenvalue weighted by Crippen LogP contribution is -2.25. The quantitative estimate of drug-likeness (QED) is 0.121. The van der Waals surface area contributed by atoms with Gasteiger partial charge in [0.15, 0.2) is 23.1 Å². The highest BCUT2D eigenvalue weighted by Crippen LogP contribution is 2.37. The van der Waals surface area contributed by atoms with E-state index in [0.29, 0.717) is 0 Å². The van der Waals surface area contributed by atoms with Crippen molar-refractivity contribution >= 4 is 30.9 Å². The molecule has 0 fully saturated rings. The van der Waals surface area contributed by atoms with Gasteiger partial charge in [-0.1, -0.05) is 23.3 Å². The standard InChI is InChI=1S/2C16H16O5.H4NO3P/c2*1-8(2)3-4-10(17)9-7-13(20)14-11(18)5-6-12(19)15(14)16(9)21;1-5(2,3)4/h2*3,5-7,10,17-19H,4H2,1-2H3;(H4,1,2,3,4)/t2*10-;/m11./s1. The molecule has 0 aromatic heterocycles. The molecule has 2 aromatic rings. The summed E-state index contributed by atoms with van der Waals surface area (Å²) < 4.78 is 9.10. The van der Waals surface area contributed by atoms with E-state index in [9.17, 15) is 49.8 Å². The Kier molecular flexibility index (Phi) is 12.9. The van der Waals surface area contributed by atoms with E-state index in [1.165, 1.54) is 0 Å². The average molecular weight is 674 g/mol. The van der Waals surface area contributed by atoms with Gasteiger partial charge in [0.25, 0.3) is 0 Å². The van der Waals surface area contributed by atoms with Crippen LogP contribution in [0.25, 0.3) is 0 Å². The molecular weight excluding hydrogens is 637 g/mol. The zero-order chi connectivity index (χ0) is 36.0. The van der Waals surface area contributed by atoms with Gasteiger partial charge in [-0.15, -0.1) is 0 Å². The van der Waals surface area contributed by atoms with Crippen LogP contribution in [0, 0.1) is 0 Å². The lowest BCUT2D eigenvalue weighted by molar-refractivity contribution is 0.0942. The van der Waals surface area contributed by atoms with Crippen LogP contribution in [-0.4, -0.2) is 75.8 Å². The zero-order valence-corrected chi connectivity index (χ0v) is 26.7. The maximum absolute atomic E-state index is 12.3. The van der Waals surface area contributed by atoms with Crippen molar-refractivity contribution in [3.05, 3.63) is 93.1 Å². The van der Waals surface area contributed by atoms with Gasteiger partial charge in [-0.05, 0) is 77.0 Å². The fraction of sp³-hybridized carbons (Fsp3) is 0.250. The Labute approximate surface area is 269 Å². The van der Waals surface area contributed by atoms with E-state index < -0.39 is 43.1 Å². The predicted molar refractivity (Wildman–Crippen MR) is 169 cm³/mol. The van der Waals surface area contributed by atoms with Gasteiger partial charge in [0.1, 0.15) is 23.0 Å². The first kappa shape index (κ1) is 38.5. The number of Topliss-reactive ketones (excluding diaryl/α,β-unsaturated/α-hetero) is 2. The topological polar surface area (TPSA) is 273 Å². The first-order chi connectivity index (χ1) is 21.6. The lowest BCUT2D eigenvalue weighted by atomic mass is 9.85. The molecule has 252 valence electrons. The molecule has 0 heterocycles. The molecule has 14 nitrogen and oxygen atoms in total. The smallest absolute Gasteiger partial charge is 0.397 e. The van der Waals surface area contributed by atoms with E-state index >= 15 is 0 Å². The number of hydrogen-bond donors (Lipinski definition) is 9. The van der Waals surface area contributed by atoms with Gasteiger partial charge in [0, 0.05) is 11.1 Å². The second-order valence-electron chi connectivity index (χ2n) is 10.9. The summed E-state index contributed by atoms with van der Waals surface area (Å²) in [5, 5.41) is 59.1. The van der Waals surface area contributed by atoms with E-state index in [1.807, 2.05) is 27.7 Å². The minimum atomic E-state index is -4.14. The SMILES string of the molecule is CC(C)=CC[C@@H](O)C1=CC(=O)c2c(O)ccc(O)c2C1=O.CC(C)=CC[C@@H](O)C1=CC(=O)c2c(O)ccc(O)c2C1=O.NP(=O)(O)O. The van der Waals surface area contributed by atoms with E-state index in [1.54, 1.807) is 12.2 Å². The largest absolute Gasteiger partial charge is 0.507 e. The number of carbonyl (C=O) groups is 4. The summed E-state index contributed by atoms with van der Waals surface area (Å²) in [6.45, 7) is 7.42. The molecule has 0 amide bonds. The van der Waals surface area contributed by atoms with Crippen molar-refractivity contribution in [1.29, 1.82) is 0 Å². The van der Waals surface area contributed by atoms with E-state index in [-0.39, 0.29) is 69.2 Å². The third-order valence-corrected chi connectivity index (χ3v) is 6.58. The van der Waals surface area contributed by atoms with Crippen LogP contribution in [0.4, 0.5) is 0 Å². The summed E-state index contributed by atoms with van der Waals surface area (Å²) >= 11 is 0. The number of rotatable bonds is 6. The maximum atomic E-state index is 12.3. The van der Waals surface area contributed by atoms with Crippen molar-refractivity contribution in [3.8, 4) is 23.0 Å². The van der Waals surface area contributed by atoms with Gasteiger partial charge >= 0.3 is 7.75 Å². The van der Waals surface area contributed by atoms with Crippen LogP contribution in [0.2, 0.25) is 0 Å². The molecule has 2 atom stereocenters. The van der Waals surface area contributed by atoms with Crippen molar-refractivity contribution in [3.63, 3.8) is 0 Å². The van der Waals surface area contributed by atoms with Crippen molar-refractivity contribution in [1.82, 2.24) is 0 Å². The number of carbonyl (C=O) groups excluding carboxylic acids is 4. The third-order valence-electron chi connectivity index (χ3n) is 6.58. The number of aliphatic hydroxyl groups is 2. The number of allylic oxidation sites excluding steroid dienone is 4. The molecule has 0 unspecified atom stereocenters. The van der Waals surface area contributed by atoms with Crippen LogP contribution >= 0.6 is 7.75 Å². The molecule has 10 N–H and O–H groups in total. The van der Waals surface area contributed by atoms with E-state index in [2.05, 4.69) is 5.50 Å². The molecule has 2 aliphatic carbocycles. The molecule has 0 saturated heterocycles. The minimum absolute atomic E-state index is 0.0779. The minimum Gasteiger partial charge on any atom is -0.507 e. The van der Waals surface area contributed by atoms with Crippen molar-refractivity contribution in [2.24, 2.45) is 5.50 Å². The first-order valence-electron chi connectivity index (χ1n) is 13.8. The third kappa shape index (κ3) is 10.1. The summed E-state index contributed by atoms with van der Waals surface area (Å²) in [4.78, 5) is 63.6. The Balaban J connectivity index is 0.000000286. The predicted octanol–water partition coefficient (Wildman–Crippen LogP) is 3.28. The van der Waals surface area contributed by atoms with Crippen LogP contribution in [0.5, 0.6) is 23.0 Å².